The van der Waals surface area contributed by atoms with Gasteiger partial charge in [0.15, 0.2) is 0 Å². The minimum atomic E-state index is 0.166. The maximum Gasteiger partial charge on any atom is 0.150 e. The van der Waals surface area contributed by atoms with Crippen LogP contribution in [-0.2, 0) is 11.3 Å². The summed E-state index contributed by atoms with van der Waals surface area (Å²) in [5.41, 5.74) is 0. The summed E-state index contributed by atoms with van der Waals surface area (Å²) in [7, 11) is 0. The van der Waals surface area contributed by atoms with Crippen LogP contribution in [0.1, 0.15) is 36.9 Å². The van der Waals surface area contributed by atoms with Crippen molar-refractivity contribution in [1.29, 1.82) is 0 Å². The van der Waals surface area contributed by atoms with Crippen LogP contribution in [0, 0.1) is 0 Å². The number of rotatable bonds is 5. The van der Waals surface area contributed by atoms with Crippen LogP contribution in [0.5, 0.6) is 0 Å². The van der Waals surface area contributed by atoms with Gasteiger partial charge in [-0.1, -0.05) is 6.42 Å². The molecule has 3 heterocycles. The fourth-order valence-corrected chi connectivity index (χ4v) is 3.22. The Kier molecular flexibility index (Phi) is 4.26. The summed E-state index contributed by atoms with van der Waals surface area (Å²) in [6.07, 6.45) is 7.40. The number of morpholine rings is 1. The molecule has 0 aromatic carbocycles. The molecule has 1 atom stereocenters. The van der Waals surface area contributed by atoms with E-state index in [1.165, 1.54) is 19.3 Å². The zero-order valence-corrected chi connectivity index (χ0v) is 13.1. The Balaban J connectivity index is 1.47. The zero-order valence-electron chi connectivity index (χ0n) is 13.1. The SMILES string of the molecule is c1coc(CNc2ccnc(C3COCCN3C3CCC3)n2)c1. The highest BCUT2D eigenvalue weighted by molar-refractivity contribution is 5.33. The van der Waals surface area contributed by atoms with Crippen molar-refractivity contribution in [2.24, 2.45) is 0 Å². The van der Waals surface area contributed by atoms with Gasteiger partial charge in [0.05, 0.1) is 32.1 Å². The molecule has 6 nitrogen and oxygen atoms in total. The van der Waals surface area contributed by atoms with Crippen molar-refractivity contribution < 1.29 is 9.15 Å². The molecular formula is C17H22N4O2. The van der Waals surface area contributed by atoms with E-state index in [0.717, 1.165) is 30.6 Å². The second-order valence-electron chi connectivity index (χ2n) is 6.15. The Morgan fingerprint density at radius 3 is 3.04 bits per heavy atom. The Hall–Kier alpha value is -1.92. The van der Waals surface area contributed by atoms with Gasteiger partial charge in [0.25, 0.3) is 0 Å². The molecule has 1 aliphatic heterocycles. The van der Waals surface area contributed by atoms with Gasteiger partial charge in [0, 0.05) is 18.8 Å². The minimum Gasteiger partial charge on any atom is -0.467 e. The lowest BCUT2D eigenvalue weighted by Gasteiger charge is -2.44. The smallest absolute Gasteiger partial charge is 0.150 e. The standard InChI is InChI=1S/C17H22N4O2/c1-3-13(4-1)21-8-10-22-12-15(21)17-18-7-6-16(20-17)19-11-14-5-2-9-23-14/h2,5-7,9,13,15H,1,3-4,8,10-12H2,(H,18,19,20). The monoisotopic (exact) mass is 314 g/mol. The van der Waals surface area contributed by atoms with Crippen molar-refractivity contribution in [3.8, 4) is 0 Å². The van der Waals surface area contributed by atoms with Gasteiger partial charge in [-0.05, 0) is 31.0 Å². The summed E-state index contributed by atoms with van der Waals surface area (Å²) in [5, 5.41) is 3.29. The molecular weight excluding hydrogens is 292 g/mol. The lowest BCUT2D eigenvalue weighted by atomic mass is 9.90. The first kappa shape index (κ1) is 14.7. The molecule has 0 amide bonds. The average molecular weight is 314 g/mol. The van der Waals surface area contributed by atoms with Gasteiger partial charge >= 0.3 is 0 Å². The third kappa shape index (κ3) is 3.23. The summed E-state index contributed by atoms with van der Waals surface area (Å²) in [4.78, 5) is 11.7. The van der Waals surface area contributed by atoms with Crippen LogP contribution < -0.4 is 5.32 Å². The van der Waals surface area contributed by atoms with Crippen LogP contribution in [0.2, 0.25) is 0 Å². The van der Waals surface area contributed by atoms with E-state index in [0.29, 0.717) is 19.2 Å². The van der Waals surface area contributed by atoms with Gasteiger partial charge in [-0.2, -0.15) is 0 Å². The number of hydrogen-bond acceptors (Lipinski definition) is 6. The molecule has 4 rings (SSSR count). The highest BCUT2D eigenvalue weighted by Crippen LogP contribution is 2.33. The molecule has 0 spiro atoms. The number of ether oxygens (including phenoxy) is 1. The van der Waals surface area contributed by atoms with Crippen LogP contribution in [0.4, 0.5) is 5.82 Å². The van der Waals surface area contributed by atoms with E-state index in [9.17, 15) is 0 Å². The van der Waals surface area contributed by atoms with Crippen LogP contribution in [-0.4, -0.2) is 40.7 Å². The molecule has 2 fully saturated rings. The molecule has 0 bridgehead atoms. The van der Waals surface area contributed by atoms with Crippen molar-refractivity contribution in [1.82, 2.24) is 14.9 Å². The fourth-order valence-electron chi connectivity index (χ4n) is 3.22. The quantitative estimate of drug-likeness (QED) is 0.915. The van der Waals surface area contributed by atoms with E-state index < -0.39 is 0 Å². The van der Waals surface area contributed by atoms with E-state index in [2.05, 4.69) is 15.2 Å². The number of nitrogens with zero attached hydrogens (tertiary/aromatic N) is 3. The van der Waals surface area contributed by atoms with Crippen molar-refractivity contribution in [3.63, 3.8) is 0 Å². The summed E-state index contributed by atoms with van der Waals surface area (Å²) in [5.74, 6) is 2.56. The number of anilines is 1. The zero-order chi connectivity index (χ0) is 15.5. The Labute approximate surface area is 135 Å². The molecule has 23 heavy (non-hydrogen) atoms. The summed E-state index contributed by atoms with van der Waals surface area (Å²) >= 11 is 0. The molecule has 2 aromatic heterocycles. The Morgan fingerprint density at radius 1 is 1.30 bits per heavy atom. The molecule has 0 radical (unpaired) electrons. The number of furan rings is 1. The number of hydrogen-bond donors (Lipinski definition) is 1. The first-order chi connectivity index (χ1) is 11.4. The minimum absolute atomic E-state index is 0.166. The molecule has 1 saturated carbocycles. The second-order valence-corrected chi connectivity index (χ2v) is 6.15. The van der Waals surface area contributed by atoms with Gasteiger partial charge < -0.3 is 14.5 Å². The average Bonchev–Trinajstić information content (AvgIpc) is 3.06. The van der Waals surface area contributed by atoms with E-state index in [1.54, 1.807) is 6.26 Å². The summed E-state index contributed by atoms with van der Waals surface area (Å²) in [6.45, 7) is 3.08. The topological polar surface area (TPSA) is 63.4 Å². The number of nitrogens with one attached hydrogen (secondary N) is 1. The van der Waals surface area contributed by atoms with Crippen LogP contribution in [0.3, 0.4) is 0 Å². The molecule has 2 aromatic rings. The first-order valence-electron chi connectivity index (χ1n) is 8.33. The molecule has 1 unspecified atom stereocenters. The van der Waals surface area contributed by atoms with Gasteiger partial charge in [0.2, 0.25) is 0 Å². The van der Waals surface area contributed by atoms with Crippen molar-refractivity contribution in [2.45, 2.75) is 37.9 Å². The third-order valence-electron chi connectivity index (χ3n) is 4.71. The van der Waals surface area contributed by atoms with Crippen molar-refractivity contribution in [2.75, 3.05) is 25.1 Å². The maximum atomic E-state index is 5.69. The first-order valence-corrected chi connectivity index (χ1v) is 8.33. The normalized spacial score (nSPS) is 22.7. The van der Waals surface area contributed by atoms with Gasteiger partial charge in [-0.15, -0.1) is 0 Å². The molecule has 1 N–H and O–H groups in total. The predicted octanol–water partition coefficient (Wildman–Crippen LogP) is 2.61. The van der Waals surface area contributed by atoms with Gasteiger partial charge in [0.1, 0.15) is 17.4 Å². The molecule has 122 valence electrons. The Bertz CT molecular complexity index is 627. The number of aromatic nitrogens is 2. The second kappa shape index (κ2) is 6.68. The lowest BCUT2D eigenvalue weighted by Crippen LogP contribution is -2.49. The van der Waals surface area contributed by atoms with Crippen LogP contribution in [0.25, 0.3) is 0 Å². The van der Waals surface area contributed by atoms with E-state index >= 15 is 0 Å². The highest BCUT2D eigenvalue weighted by Gasteiger charge is 2.35. The van der Waals surface area contributed by atoms with Crippen molar-refractivity contribution in [3.05, 3.63) is 42.2 Å². The van der Waals surface area contributed by atoms with Crippen LogP contribution >= 0.6 is 0 Å². The fraction of sp³-hybridized carbons (Fsp3) is 0.529. The van der Waals surface area contributed by atoms with E-state index in [1.807, 2.05) is 24.4 Å². The van der Waals surface area contributed by atoms with Crippen LogP contribution in [0.15, 0.2) is 35.1 Å². The van der Waals surface area contributed by atoms with Crippen molar-refractivity contribution >= 4 is 5.82 Å². The van der Waals surface area contributed by atoms with Gasteiger partial charge in [-0.3, -0.25) is 4.90 Å². The van der Waals surface area contributed by atoms with E-state index in [-0.39, 0.29) is 6.04 Å². The highest BCUT2D eigenvalue weighted by atomic mass is 16.5. The molecule has 1 aliphatic carbocycles. The predicted molar refractivity (Wildman–Crippen MR) is 86.0 cm³/mol. The third-order valence-corrected chi connectivity index (χ3v) is 4.71. The Morgan fingerprint density at radius 2 is 2.26 bits per heavy atom. The summed E-state index contributed by atoms with van der Waals surface area (Å²) in [6, 6.07) is 6.57. The van der Waals surface area contributed by atoms with Gasteiger partial charge in [-0.25, -0.2) is 9.97 Å². The molecule has 1 saturated heterocycles. The van der Waals surface area contributed by atoms with E-state index in [4.69, 9.17) is 14.1 Å². The largest absolute Gasteiger partial charge is 0.467 e. The lowest BCUT2D eigenvalue weighted by molar-refractivity contribution is -0.0496. The molecule has 2 aliphatic rings. The molecule has 6 heteroatoms. The summed E-state index contributed by atoms with van der Waals surface area (Å²) < 4.78 is 11.0. The maximum absolute atomic E-state index is 5.69.